The summed E-state index contributed by atoms with van der Waals surface area (Å²) in [6.45, 7) is 4.51. The molecule has 0 saturated carbocycles. The summed E-state index contributed by atoms with van der Waals surface area (Å²) < 4.78 is 1.23. The van der Waals surface area contributed by atoms with E-state index in [9.17, 15) is 0 Å². The number of halogens is 1. The van der Waals surface area contributed by atoms with E-state index in [0.717, 1.165) is 29.5 Å². The van der Waals surface area contributed by atoms with Crippen LogP contribution >= 0.6 is 22.9 Å². The first-order chi connectivity index (χ1) is 7.74. The molecule has 3 rings (SSSR count). The lowest BCUT2D eigenvalue weighted by Gasteiger charge is -2.31. The second-order valence-corrected chi connectivity index (χ2v) is 5.87. The third-order valence-electron chi connectivity index (χ3n) is 3.28. The molecule has 0 aliphatic carbocycles. The van der Waals surface area contributed by atoms with Crippen LogP contribution in [0.15, 0.2) is 18.2 Å². The number of fused-ring (bicyclic) bond motifs is 1. The number of aromatic nitrogens is 1. The fraction of sp³-hybridized carbons (Fsp3) is 0.417. The monoisotopic (exact) mass is 252 g/mol. The van der Waals surface area contributed by atoms with Crippen LogP contribution in [0.3, 0.4) is 0 Å². The molecular formula is C12H13ClN2S. The quantitative estimate of drug-likeness (QED) is 0.887. The molecule has 1 unspecified atom stereocenters. The van der Waals surface area contributed by atoms with Crippen LogP contribution in [0, 0.1) is 5.92 Å². The van der Waals surface area contributed by atoms with Crippen molar-refractivity contribution in [2.24, 2.45) is 5.92 Å². The predicted octanol–water partition coefficient (Wildman–Crippen LogP) is 3.27. The molecule has 1 aromatic heterocycles. The fourth-order valence-corrected chi connectivity index (χ4v) is 3.24. The average Bonchev–Trinajstić information content (AvgIpc) is 2.57. The molecule has 1 atom stereocenters. The van der Waals surface area contributed by atoms with Crippen LogP contribution in [0.2, 0.25) is 5.02 Å². The lowest BCUT2D eigenvalue weighted by Crippen LogP contribution is -2.44. The van der Waals surface area contributed by atoms with Gasteiger partial charge < -0.3 is 5.32 Å². The molecule has 1 aromatic carbocycles. The first-order valence-corrected chi connectivity index (χ1v) is 6.70. The van der Waals surface area contributed by atoms with E-state index in [1.807, 2.05) is 12.1 Å². The Kier molecular flexibility index (Phi) is 2.62. The van der Waals surface area contributed by atoms with Gasteiger partial charge in [0.1, 0.15) is 0 Å². The maximum Gasteiger partial charge on any atom is 0.0970 e. The van der Waals surface area contributed by atoms with E-state index in [4.69, 9.17) is 11.6 Å². The molecule has 1 aliphatic heterocycles. The highest BCUT2D eigenvalue weighted by Gasteiger charge is 2.26. The Labute approximate surface area is 104 Å². The number of hydrogen-bond donors (Lipinski definition) is 1. The van der Waals surface area contributed by atoms with E-state index in [-0.39, 0.29) is 0 Å². The summed E-state index contributed by atoms with van der Waals surface area (Å²) in [5.41, 5.74) is 1.03. The summed E-state index contributed by atoms with van der Waals surface area (Å²) in [4.78, 5) is 4.68. The van der Waals surface area contributed by atoms with E-state index in [2.05, 4.69) is 23.3 Å². The first kappa shape index (κ1) is 10.5. The zero-order valence-electron chi connectivity index (χ0n) is 9.03. The number of nitrogens with zero attached hydrogens (tertiary/aromatic N) is 1. The van der Waals surface area contributed by atoms with Gasteiger partial charge in [0, 0.05) is 10.9 Å². The van der Waals surface area contributed by atoms with Gasteiger partial charge in [-0.3, -0.25) is 0 Å². The molecule has 1 fully saturated rings. The third-order valence-corrected chi connectivity index (χ3v) is 4.75. The Morgan fingerprint density at radius 3 is 3.00 bits per heavy atom. The minimum atomic E-state index is 0.553. The molecule has 2 nitrogen and oxygen atoms in total. The maximum absolute atomic E-state index is 5.96. The number of thiazole rings is 1. The second-order valence-electron chi connectivity index (χ2n) is 4.37. The highest BCUT2D eigenvalue weighted by Crippen LogP contribution is 2.33. The van der Waals surface area contributed by atoms with Crippen LogP contribution < -0.4 is 5.32 Å². The SMILES string of the molecule is CC(c1nc2cc(Cl)ccc2s1)C1CNC1. The maximum atomic E-state index is 5.96. The molecular weight excluding hydrogens is 240 g/mol. The van der Waals surface area contributed by atoms with Crippen molar-refractivity contribution in [3.8, 4) is 0 Å². The van der Waals surface area contributed by atoms with Gasteiger partial charge in [-0.15, -0.1) is 11.3 Å². The topological polar surface area (TPSA) is 24.9 Å². The molecule has 16 heavy (non-hydrogen) atoms. The Balaban J connectivity index is 1.97. The van der Waals surface area contributed by atoms with Gasteiger partial charge in [-0.1, -0.05) is 18.5 Å². The molecule has 1 saturated heterocycles. The van der Waals surface area contributed by atoms with Gasteiger partial charge in [0.25, 0.3) is 0 Å². The molecule has 0 radical (unpaired) electrons. The summed E-state index contributed by atoms with van der Waals surface area (Å²) >= 11 is 7.76. The van der Waals surface area contributed by atoms with Gasteiger partial charge in [0.15, 0.2) is 0 Å². The summed E-state index contributed by atoms with van der Waals surface area (Å²) in [7, 11) is 0. The summed E-state index contributed by atoms with van der Waals surface area (Å²) in [6.07, 6.45) is 0. The van der Waals surface area contributed by atoms with E-state index in [1.54, 1.807) is 11.3 Å². The Bertz CT molecular complexity index is 519. The molecule has 0 bridgehead atoms. The van der Waals surface area contributed by atoms with E-state index in [0.29, 0.717) is 5.92 Å². The highest BCUT2D eigenvalue weighted by atomic mass is 35.5. The van der Waals surface area contributed by atoms with Crippen LogP contribution in [-0.4, -0.2) is 18.1 Å². The molecule has 0 amide bonds. The molecule has 84 valence electrons. The first-order valence-electron chi connectivity index (χ1n) is 5.51. The number of hydrogen-bond acceptors (Lipinski definition) is 3. The van der Waals surface area contributed by atoms with Crippen molar-refractivity contribution >= 4 is 33.2 Å². The Hall–Kier alpha value is -0.640. The lowest BCUT2D eigenvalue weighted by molar-refractivity contribution is 0.303. The van der Waals surface area contributed by atoms with Gasteiger partial charge in [0.05, 0.1) is 15.2 Å². The van der Waals surface area contributed by atoms with Crippen molar-refractivity contribution in [1.29, 1.82) is 0 Å². The van der Waals surface area contributed by atoms with Crippen LogP contribution in [0.25, 0.3) is 10.2 Å². The number of benzene rings is 1. The lowest BCUT2D eigenvalue weighted by atomic mass is 9.89. The third kappa shape index (κ3) is 1.73. The summed E-state index contributed by atoms with van der Waals surface area (Å²) in [5.74, 6) is 1.30. The minimum absolute atomic E-state index is 0.553. The largest absolute Gasteiger partial charge is 0.316 e. The number of rotatable bonds is 2. The van der Waals surface area contributed by atoms with E-state index >= 15 is 0 Å². The van der Waals surface area contributed by atoms with Gasteiger partial charge >= 0.3 is 0 Å². The summed E-state index contributed by atoms with van der Waals surface area (Å²) in [5, 5.41) is 5.32. The number of nitrogens with one attached hydrogen (secondary N) is 1. The van der Waals surface area contributed by atoms with Crippen LogP contribution in [0.5, 0.6) is 0 Å². The minimum Gasteiger partial charge on any atom is -0.316 e. The van der Waals surface area contributed by atoms with Gasteiger partial charge in [0.2, 0.25) is 0 Å². The zero-order chi connectivity index (χ0) is 11.1. The molecule has 0 spiro atoms. The van der Waals surface area contributed by atoms with E-state index in [1.165, 1.54) is 9.71 Å². The van der Waals surface area contributed by atoms with Gasteiger partial charge in [-0.25, -0.2) is 4.98 Å². The van der Waals surface area contributed by atoms with Crippen molar-refractivity contribution in [1.82, 2.24) is 10.3 Å². The standard InChI is InChI=1S/C12H13ClN2S/c1-7(8-5-14-6-8)12-15-10-4-9(13)2-3-11(10)16-12/h2-4,7-8,14H,5-6H2,1H3. The van der Waals surface area contributed by atoms with Crippen LogP contribution in [-0.2, 0) is 0 Å². The molecule has 2 aromatic rings. The Morgan fingerprint density at radius 2 is 2.31 bits per heavy atom. The van der Waals surface area contributed by atoms with Crippen LogP contribution in [0.4, 0.5) is 0 Å². The zero-order valence-corrected chi connectivity index (χ0v) is 10.6. The van der Waals surface area contributed by atoms with Gasteiger partial charge in [-0.2, -0.15) is 0 Å². The predicted molar refractivity (Wildman–Crippen MR) is 69.4 cm³/mol. The van der Waals surface area contributed by atoms with Crippen molar-refractivity contribution in [2.45, 2.75) is 12.8 Å². The van der Waals surface area contributed by atoms with Crippen molar-refractivity contribution in [3.63, 3.8) is 0 Å². The van der Waals surface area contributed by atoms with Crippen molar-refractivity contribution in [3.05, 3.63) is 28.2 Å². The average molecular weight is 253 g/mol. The Morgan fingerprint density at radius 1 is 1.50 bits per heavy atom. The summed E-state index contributed by atoms with van der Waals surface area (Å²) in [6, 6.07) is 5.94. The van der Waals surface area contributed by atoms with Gasteiger partial charge in [-0.05, 0) is 37.2 Å². The molecule has 2 heterocycles. The van der Waals surface area contributed by atoms with Crippen molar-refractivity contribution < 1.29 is 0 Å². The second kappa shape index (κ2) is 3.99. The molecule has 1 aliphatic rings. The van der Waals surface area contributed by atoms with E-state index < -0.39 is 0 Å². The highest BCUT2D eigenvalue weighted by molar-refractivity contribution is 7.18. The van der Waals surface area contributed by atoms with Crippen molar-refractivity contribution in [2.75, 3.05) is 13.1 Å². The fourth-order valence-electron chi connectivity index (χ4n) is 1.98. The normalized spacial score (nSPS) is 18.6. The van der Waals surface area contributed by atoms with Crippen LogP contribution in [0.1, 0.15) is 17.8 Å². The molecule has 4 heteroatoms. The molecule has 1 N–H and O–H groups in total. The smallest absolute Gasteiger partial charge is 0.0970 e.